The lowest BCUT2D eigenvalue weighted by atomic mass is 15.8. The van der Waals surface area contributed by atoms with Crippen LogP contribution in [-0.2, 0) is 0 Å². The van der Waals surface area contributed by atoms with E-state index in [1.807, 2.05) is 0 Å². The maximum Gasteiger partial charge on any atom is 0.282 e. The topological polar surface area (TPSA) is 322 Å². The van der Waals surface area contributed by atoms with Gasteiger partial charge in [-0.2, -0.15) is 0 Å². The summed E-state index contributed by atoms with van der Waals surface area (Å²) in [4.78, 5) is 0. The van der Waals surface area contributed by atoms with E-state index in [1.54, 1.807) is 0 Å². The van der Waals surface area contributed by atoms with Crippen LogP contribution in [0.5, 0.6) is 0 Å². The highest BCUT2D eigenvalue weighted by Crippen LogP contribution is 1.38. The number of rotatable bonds is 0. The molecule has 12 nitrogen and oxygen atoms in total. The maximum atomic E-state index is 8.52. The van der Waals surface area contributed by atoms with Crippen molar-refractivity contribution < 1.29 is 82.4 Å². The van der Waals surface area contributed by atoms with Gasteiger partial charge in [0.15, 0.2) is 0 Å². The van der Waals surface area contributed by atoms with E-state index in [0.29, 0.717) is 0 Å². The van der Waals surface area contributed by atoms with Gasteiger partial charge in [0, 0.05) is 32.4 Å². The van der Waals surface area contributed by atoms with Crippen molar-refractivity contribution in [3.8, 4) is 0 Å². The van der Waals surface area contributed by atoms with E-state index in [4.69, 9.17) is 28.0 Å². The Hall–Kier alpha value is 0.866. The van der Waals surface area contributed by atoms with Crippen LogP contribution in [0.4, 0.5) is 0 Å². The van der Waals surface area contributed by atoms with Crippen molar-refractivity contribution in [2.45, 2.75) is 0 Å². The Morgan fingerprint density at radius 3 is 0.533 bits per heavy atom. The fourth-order valence-corrected chi connectivity index (χ4v) is 0. The van der Waals surface area contributed by atoms with Gasteiger partial charge >= 0.3 is 0 Å². The third kappa shape index (κ3) is 3280. The Bertz CT molecular complexity index is 29.1. The minimum absolute atomic E-state index is 0. The molecule has 2 radical (unpaired) electrons. The molecule has 0 rings (SSSR count). The molecule has 0 aromatic heterocycles. The van der Waals surface area contributed by atoms with Gasteiger partial charge < -0.3 is 51.5 Å². The van der Waals surface area contributed by atoms with Crippen molar-refractivity contribution in [2.75, 3.05) is 0 Å². The van der Waals surface area contributed by atoms with Crippen molar-refractivity contribution in [3.63, 3.8) is 0 Å². The molecule has 14 N–H and O–H groups in total. The van der Waals surface area contributed by atoms with Crippen molar-refractivity contribution in [3.05, 3.63) is 0 Å². The van der Waals surface area contributed by atoms with Crippen molar-refractivity contribution in [2.24, 2.45) is 0 Å². The zero-order valence-corrected chi connectivity index (χ0v) is 9.92. The summed E-state index contributed by atoms with van der Waals surface area (Å²) < 4.78 is 47.9. The first-order valence-corrected chi connectivity index (χ1v) is 2.87. The molecule has 0 aliphatic carbocycles. The Balaban J connectivity index is -0.00000000468. The van der Waals surface area contributed by atoms with Crippen LogP contribution in [0.3, 0.4) is 0 Å². The van der Waals surface area contributed by atoms with Crippen LogP contribution in [-0.4, -0.2) is 65.2 Å². The van der Waals surface area contributed by atoms with Gasteiger partial charge in [-0.25, -0.2) is 0 Å². The molecular weight excluding hydrogens is 287 g/mol. The molecular formula is H14Cl2MgO12. The van der Waals surface area contributed by atoms with Crippen molar-refractivity contribution >= 4 is 23.1 Å². The molecule has 0 aliphatic rings. The average molecular weight is 301 g/mol. The molecule has 0 fully saturated rings. The van der Waals surface area contributed by atoms with E-state index >= 15 is 0 Å². The number of hydrogen-bond acceptors (Lipinski definition) is 6. The SMILES string of the molecule is O.O.O.O.O.O.[Mg].[O-][Cl+2]([O-])O.[O-][Cl+2]([O-])O. The van der Waals surface area contributed by atoms with Crippen LogP contribution in [0.15, 0.2) is 0 Å². The van der Waals surface area contributed by atoms with Crippen LogP contribution < -0.4 is 18.6 Å². The second kappa shape index (κ2) is 60.6. The zero-order chi connectivity index (χ0) is 7.15. The van der Waals surface area contributed by atoms with Crippen LogP contribution in [0.1, 0.15) is 0 Å². The van der Waals surface area contributed by atoms with E-state index in [9.17, 15) is 0 Å². The minimum Gasteiger partial charge on any atom is -0.412 e. The summed E-state index contributed by atoms with van der Waals surface area (Å²) in [6.45, 7) is 0. The van der Waals surface area contributed by atoms with Crippen LogP contribution in [0, 0.1) is 21.6 Å². The molecule has 0 aliphatic heterocycles. The van der Waals surface area contributed by atoms with E-state index in [1.165, 1.54) is 0 Å². The quantitative estimate of drug-likeness (QED) is 0.408. The highest BCUT2D eigenvalue weighted by atomic mass is 35.6. The molecule has 102 valence electrons. The van der Waals surface area contributed by atoms with E-state index < -0.39 is 21.6 Å². The maximum absolute atomic E-state index is 8.52. The van der Waals surface area contributed by atoms with Gasteiger partial charge in [-0.3, -0.25) is 0 Å². The molecule has 0 atom stereocenters. The van der Waals surface area contributed by atoms with Gasteiger partial charge in [0.05, 0.1) is 0 Å². The summed E-state index contributed by atoms with van der Waals surface area (Å²) in [7, 11) is -5.20. The van der Waals surface area contributed by atoms with Crippen molar-refractivity contribution in [1.82, 2.24) is 0 Å². The molecule has 15 heteroatoms. The minimum atomic E-state index is -2.60. The van der Waals surface area contributed by atoms with Gasteiger partial charge in [-0.15, -0.1) is 0 Å². The van der Waals surface area contributed by atoms with Gasteiger partial charge in [0.2, 0.25) is 0 Å². The first kappa shape index (κ1) is 74.4. The number of halogens is 2. The largest absolute Gasteiger partial charge is 0.412 e. The third-order valence-electron chi connectivity index (χ3n) is 0. The predicted octanol–water partition coefficient (Wildman–Crippen LogP) is -11.2. The van der Waals surface area contributed by atoms with Crippen LogP contribution >= 0.6 is 0 Å². The lowest BCUT2D eigenvalue weighted by molar-refractivity contribution is -1.63. The van der Waals surface area contributed by atoms with Crippen LogP contribution in [0.2, 0.25) is 0 Å². The van der Waals surface area contributed by atoms with Gasteiger partial charge in [0.1, 0.15) is 0 Å². The number of hydrogen-bond donors (Lipinski definition) is 2. The van der Waals surface area contributed by atoms with E-state index in [-0.39, 0.29) is 55.9 Å². The summed E-state index contributed by atoms with van der Waals surface area (Å²) in [6.07, 6.45) is 0. The monoisotopic (exact) mass is 300 g/mol. The molecule has 0 aromatic rings. The molecule has 0 unspecified atom stereocenters. The lowest BCUT2D eigenvalue weighted by Crippen LogP contribution is -2.30. The fourth-order valence-electron chi connectivity index (χ4n) is 0. The highest BCUT2D eigenvalue weighted by Gasteiger charge is 1.79. The summed E-state index contributed by atoms with van der Waals surface area (Å²) in [6, 6.07) is 0. The Kier molecular flexibility index (Phi) is 301. The first-order chi connectivity index (χ1) is 3.46. The standard InChI is InChI=1S/2ClHO3.Mg.6H2O/c2*2-1(3)4;;;;;;;/h2*2H;;6*1H2. The normalized spacial score (nSPS) is 4.80. The van der Waals surface area contributed by atoms with Crippen LogP contribution in [0.25, 0.3) is 0 Å². The highest BCUT2D eigenvalue weighted by molar-refractivity contribution is 5.75. The summed E-state index contributed by atoms with van der Waals surface area (Å²) >= 11 is 0. The molecule has 0 bridgehead atoms. The zero-order valence-electron chi connectivity index (χ0n) is 6.99. The van der Waals surface area contributed by atoms with Gasteiger partial charge in [0.25, 0.3) is 21.6 Å². The smallest absolute Gasteiger partial charge is 0.282 e. The third-order valence-corrected chi connectivity index (χ3v) is 0. The molecule has 0 saturated carbocycles. The second-order valence-corrected chi connectivity index (χ2v) is 1.21. The summed E-state index contributed by atoms with van der Waals surface area (Å²) in [5, 5.41) is 0. The van der Waals surface area contributed by atoms with Gasteiger partial charge in [-0.1, -0.05) is 0 Å². The molecule has 15 heavy (non-hydrogen) atoms. The average Bonchev–Trinajstić information content (AvgIpc) is 1.25. The molecule has 0 spiro atoms. The lowest BCUT2D eigenvalue weighted by Gasteiger charge is -1.72. The fraction of sp³-hybridized carbons (Fsp3) is 0. The second-order valence-electron chi connectivity index (χ2n) is 0.402. The summed E-state index contributed by atoms with van der Waals surface area (Å²) in [5.74, 6) is 0. The predicted molar refractivity (Wildman–Crippen MR) is 31.9 cm³/mol. The molecule has 0 aromatic carbocycles. The van der Waals surface area contributed by atoms with Gasteiger partial charge in [-0.05, 0) is 0 Å². The molecule has 0 heterocycles. The molecule has 0 amide bonds. The Morgan fingerprint density at radius 2 is 0.533 bits per heavy atom. The molecule has 0 saturated heterocycles. The Morgan fingerprint density at radius 1 is 0.533 bits per heavy atom. The first-order valence-electron chi connectivity index (χ1n) is 0.955. The van der Waals surface area contributed by atoms with Crippen molar-refractivity contribution in [1.29, 1.82) is 0 Å². The van der Waals surface area contributed by atoms with E-state index in [0.717, 1.165) is 0 Å². The van der Waals surface area contributed by atoms with E-state index in [2.05, 4.69) is 0 Å². The summed E-state index contributed by atoms with van der Waals surface area (Å²) in [5.41, 5.74) is 0. The Labute approximate surface area is 106 Å².